The molecule has 1 rings (SSSR count). The Hall–Kier alpha value is -1.47. The molecule has 1 aromatic heterocycles. The van der Waals surface area contributed by atoms with E-state index in [1.165, 1.54) is 24.1 Å². The van der Waals surface area contributed by atoms with E-state index in [0.717, 1.165) is 0 Å². The second-order valence-electron chi connectivity index (χ2n) is 3.44. The van der Waals surface area contributed by atoms with Crippen LogP contribution in [0.3, 0.4) is 0 Å². The summed E-state index contributed by atoms with van der Waals surface area (Å²) in [5.74, 6) is -0.395. The Bertz CT molecular complexity index is 417. The van der Waals surface area contributed by atoms with Gasteiger partial charge in [-0.3, -0.25) is 4.79 Å². The van der Waals surface area contributed by atoms with Crippen LogP contribution in [0.1, 0.15) is 23.0 Å². The first-order valence-corrected chi connectivity index (χ1v) is 6.51. The molecule has 1 atom stereocenters. The minimum Gasteiger partial charge on any atom is -0.480 e. The van der Waals surface area contributed by atoms with Crippen molar-refractivity contribution in [3.05, 3.63) is 23.7 Å². The van der Waals surface area contributed by atoms with Crippen LogP contribution in [-0.2, 0) is 15.3 Å². The van der Waals surface area contributed by atoms with Gasteiger partial charge in [0.2, 0.25) is 0 Å². The lowest BCUT2D eigenvalue weighted by Crippen LogP contribution is -2.32. The molecule has 0 aliphatic carbocycles. The highest BCUT2D eigenvalue weighted by atomic mass is 32.2. The Kier molecular flexibility index (Phi) is 5.73. The molecule has 18 heavy (non-hydrogen) atoms. The number of ether oxygens (including phenoxy) is 1. The molecule has 0 fully saturated rings. The average molecular weight is 273 g/mol. The zero-order chi connectivity index (χ0) is 13.5. The number of hydrogen-bond acceptors (Lipinski definition) is 6. The van der Waals surface area contributed by atoms with Gasteiger partial charge in [-0.15, -0.1) is 0 Å². The number of thioether (sulfide) groups is 1. The minimum absolute atomic E-state index is 0.248. The molecule has 0 spiro atoms. The number of esters is 1. The fourth-order valence-corrected chi connectivity index (χ4v) is 2.12. The van der Waals surface area contributed by atoms with Crippen molar-refractivity contribution in [2.45, 2.75) is 18.7 Å². The van der Waals surface area contributed by atoms with Crippen molar-refractivity contribution < 1.29 is 23.8 Å². The van der Waals surface area contributed by atoms with Crippen LogP contribution in [0.2, 0.25) is 0 Å². The number of carbonyl (C=O) groups is 2. The van der Waals surface area contributed by atoms with Crippen molar-refractivity contribution in [3.63, 3.8) is 0 Å². The maximum atomic E-state index is 11.5. The summed E-state index contributed by atoms with van der Waals surface area (Å²) in [5.41, 5.74) is 5.73. The van der Waals surface area contributed by atoms with Gasteiger partial charge < -0.3 is 20.0 Å². The Balaban J connectivity index is 2.50. The molecule has 0 saturated carbocycles. The summed E-state index contributed by atoms with van der Waals surface area (Å²) < 4.78 is 10.0. The second kappa shape index (κ2) is 7.07. The highest BCUT2D eigenvalue weighted by Gasteiger charge is 2.17. The van der Waals surface area contributed by atoms with Gasteiger partial charge in [-0.2, -0.15) is 11.8 Å². The van der Waals surface area contributed by atoms with E-state index in [4.69, 9.17) is 20.0 Å². The third kappa shape index (κ3) is 4.08. The lowest BCUT2D eigenvalue weighted by molar-refractivity contribution is -0.137. The third-order valence-corrected chi connectivity index (χ3v) is 3.15. The molecule has 0 bridgehead atoms. The molecule has 1 aromatic rings. The molecule has 0 aliphatic heterocycles. The number of rotatable bonds is 7. The van der Waals surface area contributed by atoms with E-state index in [0.29, 0.717) is 23.7 Å². The molecular formula is C11H15NO5S. The van der Waals surface area contributed by atoms with Gasteiger partial charge >= 0.3 is 11.9 Å². The predicted molar refractivity (Wildman–Crippen MR) is 66.4 cm³/mol. The monoisotopic (exact) mass is 273 g/mol. The molecule has 7 heteroatoms. The highest BCUT2D eigenvalue weighted by molar-refractivity contribution is 7.98. The maximum absolute atomic E-state index is 11.5. The van der Waals surface area contributed by atoms with Crippen molar-refractivity contribution in [1.29, 1.82) is 0 Å². The summed E-state index contributed by atoms with van der Waals surface area (Å²) in [6.07, 6.45) is 1.40. The smallest absolute Gasteiger partial charge is 0.341 e. The van der Waals surface area contributed by atoms with Crippen molar-refractivity contribution in [1.82, 2.24) is 0 Å². The number of carboxylic acid groups (broad SMARTS) is 1. The van der Waals surface area contributed by atoms with E-state index in [1.807, 2.05) is 0 Å². The average Bonchev–Trinajstić information content (AvgIpc) is 2.77. The third-order valence-electron chi connectivity index (χ3n) is 2.09. The van der Waals surface area contributed by atoms with Crippen molar-refractivity contribution in [2.75, 3.05) is 12.4 Å². The Morgan fingerprint density at radius 3 is 2.94 bits per heavy atom. The molecule has 6 nitrogen and oxygen atoms in total. The van der Waals surface area contributed by atoms with E-state index in [-0.39, 0.29) is 5.75 Å². The lowest BCUT2D eigenvalue weighted by Gasteiger charge is -2.05. The normalized spacial score (nSPS) is 12.1. The van der Waals surface area contributed by atoms with Gasteiger partial charge in [-0.25, -0.2) is 4.79 Å². The van der Waals surface area contributed by atoms with Gasteiger partial charge in [0.05, 0.1) is 18.6 Å². The summed E-state index contributed by atoms with van der Waals surface area (Å²) >= 11 is 1.29. The molecule has 3 N–H and O–H groups in total. The SMILES string of the molecule is CCOC(=O)c1ccoc1CSCC(N)C(=O)O. The zero-order valence-corrected chi connectivity index (χ0v) is 10.7. The first-order valence-electron chi connectivity index (χ1n) is 5.35. The summed E-state index contributed by atoms with van der Waals surface area (Å²) in [4.78, 5) is 22.0. The van der Waals surface area contributed by atoms with Gasteiger partial charge in [0, 0.05) is 5.75 Å². The molecular weight excluding hydrogens is 258 g/mol. The zero-order valence-electron chi connectivity index (χ0n) is 9.92. The first kappa shape index (κ1) is 14.6. The molecule has 1 heterocycles. The summed E-state index contributed by atoms with van der Waals surface area (Å²) in [5, 5.41) is 8.62. The number of carboxylic acids is 1. The highest BCUT2D eigenvalue weighted by Crippen LogP contribution is 2.19. The lowest BCUT2D eigenvalue weighted by atomic mass is 10.3. The maximum Gasteiger partial charge on any atom is 0.341 e. The molecule has 1 unspecified atom stereocenters. The molecule has 0 radical (unpaired) electrons. The fraction of sp³-hybridized carbons (Fsp3) is 0.455. The predicted octanol–water partition coefficient (Wildman–Crippen LogP) is 1.10. The van der Waals surface area contributed by atoms with Crippen LogP contribution in [-0.4, -0.2) is 35.4 Å². The van der Waals surface area contributed by atoms with Crippen molar-refractivity contribution in [3.8, 4) is 0 Å². The van der Waals surface area contributed by atoms with E-state index in [1.54, 1.807) is 6.92 Å². The van der Waals surface area contributed by atoms with Crippen LogP contribution in [0, 0.1) is 0 Å². The van der Waals surface area contributed by atoms with Crippen LogP contribution in [0.15, 0.2) is 16.7 Å². The fourth-order valence-electron chi connectivity index (χ4n) is 1.19. The molecule has 0 aliphatic rings. The number of nitrogens with two attached hydrogens (primary N) is 1. The number of aliphatic carboxylic acids is 1. The van der Waals surface area contributed by atoms with Crippen LogP contribution in [0.25, 0.3) is 0 Å². The van der Waals surface area contributed by atoms with E-state index >= 15 is 0 Å². The number of furan rings is 1. The van der Waals surface area contributed by atoms with Gasteiger partial charge in [-0.05, 0) is 13.0 Å². The van der Waals surface area contributed by atoms with Crippen LogP contribution >= 0.6 is 11.8 Å². The van der Waals surface area contributed by atoms with Gasteiger partial charge in [-0.1, -0.05) is 0 Å². The van der Waals surface area contributed by atoms with E-state index < -0.39 is 18.0 Å². The molecule has 0 saturated heterocycles. The summed E-state index contributed by atoms with van der Waals surface area (Å²) in [7, 11) is 0. The van der Waals surface area contributed by atoms with Gasteiger partial charge in [0.25, 0.3) is 0 Å². The largest absolute Gasteiger partial charge is 0.480 e. The van der Waals surface area contributed by atoms with Crippen molar-refractivity contribution in [2.24, 2.45) is 5.73 Å². The topological polar surface area (TPSA) is 103 Å². The summed E-state index contributed by atoms with van der Waals surface area (Å²) in [6.45, 7) is 2.01. The Morgan fingerprint density at radius 1 is 1.61 bits per heavy atom. The van der Waals surface area contributed by atoms with Crippen LogP contribution in [0.5, 0.6) is 0 Å². The van der Waals surface area contributed by atoms with Gasteiger partial charge in [0.1, 0.15) is 17.4 Å². The van der Waals surface area contributed by atoms with Gasteiger partial charge in [0.15, 0.2) is 0 Å². The standard InChI is InChI=1S/C11H15NO5S/c1-2-16-11(15)7-3-4-17-9(7)6-18-5-8(12)10(13)14/h3-4,8H,2,5-6,12H2,1H3,(H,13,14). The first-order chi connectivity index (χ1) is 8.56. The minimum atomic E-state index is -1.05. The summed E-state index contributed by atoms with van der Waals surface area (Å²) in [6, 6.07) is 0.612. The number of hydrogen-bond donors (Lipinski definition) is 2. The molecule has 100 valence electrons. The Morgan fingerprint density at radius 2 is 2.33 bits per heavy atom. The molecule has 0 amide bonds. The Labute approximate surface area is 108 Å². The van der Waals surface area contributed by atoms with Crippen molar-refractivity contribution >= 4 is 23.7 Å². The van der Waals surface area contributed by atoms with Crippen LogP contribution in [0.4, 0.5) is 0 Å². The van der Waals surface area contributed by atoms with Crippen LogP contribution < -0.4 is 5.73 Å². The number of carbonyl (C=O) groups excluding carboxylic acids is 1. The van der Waals surface area contributed by atoms with E-state index in [2.05, 4.69) is 0 Å². The second-order valence-corrected chi connectivity index (χ2v) is 4.47. The quantitative estimate of drug-likeness (QED) is 0.717. The molecule has 0 aromatic carbocycles. The van der Waals surface area contributed by atoms with E-state index in [9.17, 15) is 9.59 Å².